The van der Waals surface area contributed by atoms with Gasteiger partial charge in [0.15, 0.2) is 0 Å². The maximum atomic E-state index is 12.5. The molecule has 140 valence electrons. The smallest absolute Gasteiger partial charge is 0.264 e. The molecule has 1 fully saturated rings. The highest BCUT2D eigenvalue weighted by atomic mass is 35.5. The largest absolute Gasteiger partial charge is 0.379 e. The van der Waals surface area contributed by atoms with Crippen LogP contribution in [-0.2, 0) is 6.54 Å². The second-order valence-corrected chi connectivity index (χ2v) is 8.08. The average Bonchev–Trinajstić information content (AvgIpc) is 3.38. The molecule has 4 rings (SSSR count). The lowest BCUT2D eigenvalue weighted by Gasteiger charge is -2.36. The molecule has 2 aromatic heterocycles. The Hall–Kier alpha value is -2.51. The third kappa shape index (κ3) is 4.26. The van der Waals surface area contributed by atoms with Gasteiger partial charge in [-0.25, -0.2) is 4.98 Å². The summed E-state index contributed by atoms with van der Waals surface area (Å²) < 4.78 is 0.651. The molecule has 0 unspecified atom stereocenters. The van der Waals surface area contributed by atoms with Gasteiger partial charge in [-0.15, -0.1) is 11.3 Å². The molecule has 6 nitrogen and oxygen atoms in total. The van der Waals surface area contributed by atoms with E-state index >= 15 is 0 Å². The molecule has 1 amide bonds. The number of thiophene rings is 1. The Morgan fingerprint density at radius 3 is 2.56 bits per heavy atom. The Balaban J connectivity index is 1.30. The maximum Gasteiger partial charge on any atom is 0.264 e. The molecular weight excluding hydrogens is 382 g/mol. The van der Waals surface area contributed by atoms with Crippen LogP contribution >= 0.6 is 22.9 Å². The number of amides is 1. The summed E-state index contributed by atoms with van der Waals surface area (Å²) >= 11 is 7.28. The first-order valence-corrected chi connectivity index (χ1v) is 9.99. The zero-order chi connectivity index (χ0) is 18.6. The molecule has 2 N–H and O–H groups in total. The Bertz CT molecular complexity index is 885. The standard InChI is InChI=1S/C19H20ClN5OS/c20-18-6-5-17(27-18)19(26)25-9-7-24(8-10-25)16-3-1-14(2-4-16)22-12-15-11-21-13-23-15/h1-6,11,13,22H,7-10,12H2,(H,21,23). The number of rotatable bonds is 5. The molecule has 1 saturated heterocycles. The van der Waals surface area contributed by atoms with Gasteiger partial charge in [0.2, 0.25) is 0 Å². The van der Waals surface area contributed by atoms with Crippen molar-refractivity contribution < 1.29 is 4.79 Å². The van der Waals surface area contributed by atoms with Crippen molar-refractivity contribution in [1.29, 1.82) is 0 Å². The van der Waals surface area contributed by atoms with Gasteiger partial charge in [-0.3, -0.25) is 4.79 Å². The summed E-state index contributed by atoms with van der Waals surface area (Å²) in [6.07, 6.45) is 3.49. The predicted molar refractivity (Wildman–Crippen MR) is 110 cm³/mol. The van der Waals surface area contributed by atoms with Crippen LogP contribution in [0.25, 0.3) is 0 Å². The number of carbonyl (C=O) groups is 1. The number of hydrogen-bond acceptors (Lipinski definition) is 5. The Morgan fingerprint density at radius 1 is 1.15 bits per heavy atom. The van der Waals surface area contributed by atoms with Crippen molar-refractivity contribution in [2.75, 3.05) is 36.4 Å². The third-order valence-corrected chi connectivity index (χ3v) is 5.84. The number of nitrogens with zero attached hydrogens (tertiary/aromatic N) is 3. The van der Waals surface area contributed by atoms with E-state index in [1.54, 1.807) is 18.5 Å². The number of piperazine rings is 1. The summed E-state index contributed by atoms with van der Waals surface area (Å²) in [5.41, 5.74) is 3.29. The molecule has 1 aliphatic heterocycles. The molecule has 0 saturated carbocycles. The Kier molecular flexibility index (Phi) is 5.31. The van der Waals surface area contributed by atoms with Crippen LogP contribution in [0.15, 0.2) is 48.9 Å². The van der Waals surface area contributed by atoms with Gasteiger partial charge in [-0.05, 0) is 36.4 Å². The molecule has 3 heterocycles. The van der Waals surface area contributed by atoms with Crippen LogP contribution in [0, 0.1) is 0 Å². The van der Waals surface area contributed by atoms with E-state index in [1.807, 2.05) is 11.1 Å². The SMILES string of the molecule is O=C(c1ccc(Cl)s1)N1CCN(c2ccc(NCc3cnc[nH]3)cc2)CC1. The molecule has 1 aromatic carbocycles. The van der Waals surface area contributed by atoms with Crippen molar-refractivity contribution >= 4 is 40.2 Å². The van der Waals surface area contributed by atoms with Gasteiger partial charge in [0, 0.05) is 43.8 Å². The third-order valence-electron chi connectivity index (χ3n) is 4.62. The molecule has 0 radical (unpaired) electrons. The zero-order valence-corrected chi connectivity index (χ0v) is 16.3. The Morgan fingerprint density at radius 2 is 1.93 bits per heavy atom. The fraction of sp³-hybridized carbons (Fsp3) is 0.263. The number of H-pyrrole nitrogens is 1. The topological polar surface area (TPSA) is 64.3 Å². The summed E-state index contributed by atoms with van der Waals surface area (Å²) in [6, 6.07) is 12.0. The van der Waals surface area contributed by atoms with Crippen molar-refractivity contribution in [2.45, 2.75) is 6.54 Å². The maximum absolute atomic E-state index is 12.5. The van der Waals surface area contributed by atoms with Gasteiger partial charge < -0.3 is 20.1 Å². The van der Waals surface area contributed by atoms with Crippen LogP contribution in [0.3, 0.4) is 0 Å². The van der Waals surface area contributed by atoms with E-state index in [1.165, 1.54) is 17.0 Å². The lowest BCUT2D eigenvalue weighted by atomic mass is 10.2. The molecule has 8 heteroatoms. The minimum absolute atomic E-state index is 0.0740. The molecule has 1 aliphatic rings. The van der Waals surface area contributed by atoms with Crippen molar-refractivity contribution in [3.05, 3.63) is 63.8 Å². The lowest BCUT2D eigenvalue weighted by molar-refractivity contribution is 0.0751. The number of anilines is 2. The fourth-order valence-corrected chi connectivity index (χ4v) is 4.13. The van der Waals surface area contributed by atoms with Crippen molar-refractivity contribution in [3.8, 4) is 0 Å². The van der Waals surface area contributed by atoms with Crippen LogP contribution in [0.4, 0.5) is 11.4 Å². The van der Waals surface area contributed by atoms with Gasteiger partial charge in [-0.1, -0.05) is 11.6 Å². The summed E-state index contributed by atoms with van der Waals surface area (Å²) in [4.78, 5) is 24.5. The second-order valence-electron chi connectivity index (χ2n) is 6.36. The van der Waals surface area contributed by atoms with Crippen LogP contribution < -0.4 is 10.2 Å². The minimum Gasteiger partial charge on any atom is -0.379 e. The van der Waals surface area contributed by atoms with Crippen molar-refractivity contribution in [1.82, 2.24) is 14.9 Å². The molecule has 3 aromatic rings. The van der Waals surface area contributed by atoms with Gasteiger partial charge in [0.25, 0.3) is 5.91 Å². The van der Waals surface area contributed by atoms with Crippen LogP contribution in [0.2, 0.25) is 4.34 Å². The zero-order valence-electron chi connectivity index (χ0n) is 14.7. The van der Waals surface area contributed by atoms with Crippen molar-refractivity contribution in [2.24, 2.45) is 0 Å². The molecule has 27 heavy (non-hydrogen) atoms. The van der Waals surface area contributed by atoms with Crippen LogP contribution in [0.1, 0.15) is 15.4 Å². The number of carbonyl (C=O) groups excluding carboxylic acids is 1. The van der Waals surface area contributed by atoms with E-state index in [0.29, 0.717) is 28.8 Å². The summed E-state index contributed by atoms with van der Waals surface area (Å²) in [5.74, 6) is 0.0740. The number of aromatic amines is 1. The minimum atomic E-state index is 0.0740. The molecule has 0 aliphatic carbocycles. The fourth-order valence-electron chi connectivity index (χ4n) is 3.12. The summed E-state index contributed by atoms with van der Waals surface area (Å²) in [5, 5.41) is 3.37. The first-order chi connectivity index (χ1) is 13.2. The first kappa shape index (κ1) is 17.9. The number of hydrogen-bond donors (Lipinski definition) is 2. The first-order valence-electron chi connectivity index (χ1n) is 8.80. The second kappa shape index (κ2) is 8.02. The number of aromatic nitrogens is 2. The highest BCUT2D eigenvalue weighted by molar-refractivity contribution is 7.17. The van der Waals surface area contributed by atoms with E-state index in [2.05, 4.69) is 44.5 Å². The van der Waals surface area contributed by atoms with E-state index in [-0.39, 0.29) is 5.91 Å². The highest BCUT2D eigenvalue weighted by Gasteiger charge is 2.23. The van der Waals surface area contributed by atoms with Gasteiger partial charge >= 0.3 is 0 Å². The van der Waals surface area contributed by atoms with E-state index < -0.39 is 0 Å². The quantitative estimate of drug-likeness (QED) is 0.684. The molecule has 0 atom stereocenters. The van der Waals surface area contributed by atoms with Gasteiger partial charge in [0.1, 0.15) is 0 Å². The van der Waals surface area contributed by atoms with Gasteiger partial charge in [0.05, 0.1) is 27.8 Å². The molecular formula is C19H20ClN5OS. The number of halogens is 1. The van der Waals surface area contributed by atoms with E-state index in [0.717, 1.165) is 24.5 Å². The van der Waals surface area contributed by atoms with E-state index in [4.69, 9.17) is 11.6 Å². The lowest BCUT2D eigenvalue weighted by Crippen LogP contribution is -2.48. The number of imidazole rings is 1. The van der Waals surface area contributed by atoms with Crippen LogP contribution in [-0.4, -0.2) is 47.0 Å². The Labute approximate surface area is 166 Å². The highest BCUT2D eigenvalue weighted by Crippen LogP contribution is 2.24. The molecule has 0 bridgehead atoms. The van der Waals surface area contributed by atoms with Gasteiger partial charge in [-0.2, -0.15) is 0 Å². The average molecular weight is 402 g/mol. The van der Waals surface area contributed by atoms with E-state index in [9.17, 15) is 4.79 Å². The summed E-state index contributed by atoms with van der Waals surface area (Å²) in [7, 11) is 0. The van der Waals surface area contributed by atoms with Crippen molar-refractivity contribution in [3.63, 3.8) is 0 Å². The molecule has 0 spiro atoms. The summed E-state index contributed by atoms with van der Waals surface area (Å²) in [6.45, 7) is 3.80. The predicted octanol–water partition coefficient (Wildman–Crippen LogP) is 3.70. The number of nitrogens with one attached hydrogen (secondary N) is 2. The number of benzene rings is 1. The normalized spacial score (nSPS) is 14.4. The van der Waals surface area contributed by atoms with Crippen LogP contribution in [0.5, 0.6) is 0 Å². The monoisotopic (exact) mass is 401 g/mol.